The molecular weight excluding hydrogens is 310 g/mol. The standard InChI is InChI=1S/C18H21NO3S/c1-12-6-8-13(9-7-12)11-19-14-4-2-3-5-15(14)23-16(18(19)22)10-17(20)21/h6-10,14-15H,2-5,11H2,1H3,(H,20,21)/b16-10-. The fourth-order valence-electron chi connectivity index (χ4n) is 3.36. The number of amides is 1. The molecule has 2 fully saturated rings. The van der Waals surface area contributed by atoms with Gasteiger partial charge in [-0.2, -0.15) is 0 Å². The van der Waals surface area contributed by atoms with Crippen LogP contribution in [-0.4, -0.2) is 33.2 Å². The molecule has 2 aliphatic rings. The average Bonchev–Trinajstić information content (AvgIpc) is 2.53. The van der Waals surface area contributed by atoms with Crippen molar-refractivity contribution in [2.24, 2.45) is 0 Å². The van der Waals surface area contributed by atoms with Crippen LogP contribution in [0, 0.1) is 6.92 Å². The molecule has 23 heavy (non-hydrogen) atoms. The summed E-state index contributed by atoms with van der Waals surface area (Å²) < 4.78 is 0. The Morgan fingerprint density at radius 2 is 2.00 bits per heavy atom. The second kappa shape index (κ2) is 6.79. The second-order valence-corrected chi connectivity index (χ2v) is 7.55. The zero-order valence-corrected chi connectivity index (χ0v) is 14.0. The molecule has 0 aromatic heterocycles. The molecular formula is C18H21NO3S. The highest BCUT2D eigenvalue weighted by atomic mass is 32.2. The number of nitrogens with zero attached hydrogens (tertiary/aromatic N) is 1. The maximum Gasteiger partial charge on any atom is 0.329 e. The maximum atomic E-state index is 12.8. The monoisotopic (exact) mass is 331 g/mol. The van der Waals surface area contributed by atoms with Gasteiger partial charge in [-0.05, 0) is 25.3 Å². The number of hydrogen-bond donors (Lipinski definition) is 1. The van der Waals surface area contributed by atoms with E-state index in [1.807, 2.05) is 36.1 Å². The molecule has 0 radical (unpaired) electrons. The number of carbonyl (C=O) groups is 2. The van der Waals surface area contributed by atoms with Gasteiger partial charge in [-0.3, -0.25) is 4.79 Å². The number of aliphatic carboxylic acids is 1. The summed E-state index contributed by atoms with van der Waals surface area (Å²) in [4.78, 5) is 26.0. The first-order valence-electron chi connectivity index (χ1n) is 8.02. The number of benzene rings is 1. The zero-order chi connectivity index (χ0) is 16.4. The highest BCUT2D eigenvalue weighted by Crippen LogP contribution is 2.42. The molecule has 0 bridgehead atoms. The van der Waals surface area contributed by atoms with E-state index in [4.69, 9.17) is 5.11 Å². The number of carbonyl (C=O) groups excluding carboxylic acids is 1. The van der Waals surface area contributed by atoms with Crippen LogP contribution in [0.4, 0.5) is 0 Å². The van der Waals surface area contributed by atoms with Crippen molar-refractivity contribution in [3.63, 3.8) is 0 Å². The number of carboxylic acid groups (broad SMARTS) is 1. The maximum absolute atomic E-state index is 12.8. The Morgan fingerprint density at radius 3 is 2.70 bits per heavy atom. The highest BCUT2D eigenvalue weighted by Gasteiger charge is 2.40. The molecule has 1 saturated heterocycles. The van der Waals surface area contributed by atoms with Crippen molar-refractivity contribution in [3.8, 4) is 0 Å². The number of carboxylic acids is 1. The normalized spacial score (nSPS) is 26.2. The van der Waals surface area contributed by atoms with Crippen LogP contribution in [0.2, 0.25) is 0 Å². The number of aryl methyl sites for hydroxylation is 1. The minimum atomic E-state index is -1.05. The largest absolute Gasteiger partial charge is 0.478 e. The van der Waals surface area contributed by atoms with Crippen LogP contribution in [0.15, 0.2) is 35.2 Å². The molecule has 1 aromatic rings. The van der Waals surface area contributed by atoms with Crippen molar-refractivity contribution in [1.29, 1.82) is 0 Å². The first kappa shape index (κ1) is 16.1. The highest BCUT2D eigenvalue weighted by molar-refractivity contribution is 8.04. The first-order chi connectivity index (χ1) is 11.0. The molecule has 0 spiro atoms. The van der Waals surface area contributed by atoms with Gasteiger partial charge < -0.3 is 10.0 Å². The van der Waals surface area contributed by atoms with Gasteiger partial charge in [0, 0.05) is 23.9 Å². The quantitative estimate of drug-likeness (QED) is 0.863. The summed E-state index contributed by atoms with van der Waals surface area (Å²) in [6.45, 7) is 2.59. The van der Waals surface area contributed by atoms with Crippen LogP contribution in [0.25, 0.3) is 0 Å². The van der Waals surface area contributed by atoms with E-state index >= 15 is 0 Å². The van der Waals surface area contributed by atoms with Gasteiger partial charge in [0.25, 0.3) is 5.91 Å². The van der Waals surface area contributed by atoms with E-state index in [1.54, 1.807) is 0 Å². The number of fused-ring (bicyclic) bond motifs is 1. The lowest BCUT2D eigenvalue weighted by molar-refractivity contribution is -0.133. The third kappa shape index (κ3) is 3.61. The van der Waals surface area contributed by atoms with Crippen molar-refractivity contribution in [3.05, 3.63) is 46.4 Å². The van der Waals surface area contributed by atoms with E-state index < -0.39 is 5.97 Å². The Hall–Kier alpha value is -1.75. The topological polar surface area (TPSA) is 57.6 Å². The lowest BCUT2D eigenvalue weighted by atomic mass is 9.92. The molecule has 1 aromatic carbocycles. The minimum absolute atomic E-state index is 0.138. The van der Waals surface area contributed by atoms with Crippen LogP contribution in [0.3, 0.4) is 0 Å². The molecule has 2 unspecified atom stereocenters. The lowest BCUT2D eigenvalue weighted by Gasteiger charge is -2.44. The molecule has 1 saturated carbocycles. The third-order valence-corrected chi connectivity index (χ3v) is 5.95. The molecule has 1 heterocycles. The number of rotatable bonds is 3. The molecule has 3 rings (SSSR count). The Bertz CT molecular complexity index is 638. The third-order valence-electron chi connectivity index (χ3n) is 4.55. The van der Waals surface area contributed by atoms with Crippen molar-refractivity contribution in [2.45, 2.75) is 50.4 Å². The van der Waals surface area contributed by atoms with Gasteiger partial charge in [-0.15, -0.1) is 11.8 Å². The van der Waals surface area contributed by atoms with Crippen molar-refractivity contribution in [1.82, 2.24) is 4.90 Å². The predicted octanol–water partition coefficient (Wildman–Crippen LogP) is 3.35. The summed E-state index contributed by atoms with van der Waals surface area (Å²) in [5.74, 6) is -1.19. The summed E-state index contributed by atoms with van der Waals surface area (Å²) in [5, 5.41) is 9.34. The summed E-state index contributed by atoms with van der Waals surface area (Å²) >= 11 is 1.46. The van der Waals surface area contributed by atoms with Crippen molar-refractivity contribution < 1.29 is 14.7 Å². The summed E-state index contributed by atoms with van der Waals surface area (Å²) in [5.41, 5.74) is 2.28. The van der Waals surface area contributed by atoms with E-state index in [-0.39, 0.29) is 11.9 Å². The van der Waals surface area contributed by atoms with Crippen LogP contribution < -0.4 is 0 Å². The Labute approximate surface area is 140 Å². The Morgan fingerprint density at radius 1 is 1.30 bits per heavy atom. The zero-order valence-electron chi connectivity index (χ0n) is 13.2. The summed E-state index contributed by atoms with van der Waals surface area (Å²) in [6.07, 6.45) is 5.41. The van der Waals surface area contributed by atoms with E-state index in [0.29, 0.717) is 16.7 Å². The van der Waals surface area contributed by atoms with Crippen molar-refractivity contribution >= 4 is 23.6 Å². The van der Waals surface area contributed by atoms with E-state index in [1.165, 1.54) is 17.3 Å². The van der Waals surface area contributed by atoms with E-state index in [0.717, 1.165) is 37.3 Å². The summed E-state index contributed by atoms with van der Waals surface area (Å²) in [7, 11) is 0. The first-order valence-corrected chi connectivity index (χ1v) is 8.90. The van der Waals surface area contributed by atoms with Crippen LogP contribution in [0.5, 0.6) is 0 Å². The van der Waals surface area contributed by atoms with Crippen LogP contribution in [-0.2, 0) is 16.1 Å². The van der Waals surface area contributed by atoms with Gasteiger partial charge in [0.1, 0.15) is 0 Å². The van der Waals surface area contributed by atoms with E-state index in [9.17, 15) is 9.59 Å². The van der Waals surface area contributed by atoms with E-state index in [2.05, 4.69) is 0 Å². The average molecular weight is 331 g/mol. The number of hydrogen-bond acceptors (Lipinski definition) is 3. The SMILES string of the molecule is Cc1ccc(CN2C(=O)/C(=C/C(=O)O)SC3CCCCC32)cc1. The van der Waals surface area contributed by atoms with Gasteiger partial charge in [-0.25, -0.2) is 4.79 Å². The van der Waals surface area contributed by atoms with Crippen LogP contribution >= 0.6 is 11.8 Å². The van der Waals surface area contributed by atoms with Gasteiger partial charge in [0.05, 0.1) is 4.91 Å². The molecule has 122 valence electrons. The molecule has 4 nitrogen and oxygen atoms in total. The van der Waals surface area contributed by atoms with Gasteiger partial charge in [0.15, 0.2) is 0 Å². The van der Waals surface area contributed by atoms with Crippen molar-refractivity contribution in [2.75, 3.05) is 0 Å². The smallest absolute Gasteiger partial charge is 0.329 e. The summed E-state index contributed by atoms with van der Waals surface area (Å²) in [6, 6.07) is 8.40. The Kier molecular flexibility index (Phi) is 4.76. The molecule has 1 N–H and O–H groups in total. The lowest BCUT2D eigenvalue weighted by Crippen LogP contribution is -2.50. The van der Waals surface area contributed by atoms with Gasteiger partial charge >= 0.3 is 5.97 Å². The van der Waals surface area contributed by atoms with Crippen LogP contribution in [0.1, 0.15) is 36.8 Å². The van der Waals surface area contributed by atoms with Gasteiger partial charge in [-0.1, -0.05) is 42.7 Å². The molecule has 2 atom stereocenters. The molecule has 5 heteroatoms. The van der Waals surface area contributed by atoms with Gasteiger partial charge in [0.2, 0.25) is 0 Å². The number of thioether (sulfide) groups is 1. The minimum Gasteiger partial charge on any atom is -0.478 e. The fourth-order valence-corrected chi connectivity index (χ4v) is 4.80. The molecule has 1 aliphatic carbocycles. The molecule has 1 aliphatic heterocycles. The second-order valence-electron chi connectivity index (χ2n) is 6.27. The fraction of sp³-hybridized carbons (Fsp3) is 0.444. The Balaban J connectivity index is 1.88. The predicted molar refractivity (Wildman–Crippen MR) is 91.1 cm³/mol. The molecule has 1 amide bonds.